The molecule has 0 aliphatic carbocycles. The van der Waals surface area contributed by atoms with Gasteiger partial charge in [-0.2, -0.15) is 0 Å². The Hall–Kier alpha value is -1.46. The van der Waals surface area contributed by atoms with Crippen LogP contribution in [0.25, 0.3) is 0 Å². The van der Waals surface area contributed by atoms with Crippen molar-refractivity contribution in [2.45, 2.75) is 0 Å². The monoisotopic (exact) mass is 204 g/mol. The Labute approximate surface area is 79.7 Å². The summed E-state index contributed by atoms with van der Waals surface area (Å²) < 4.78 is 0. The largest absolute Gasteiger partial charge is 0.504 e. The summed E-state index contributed by atoms with van der Waals surface area (Å²) in [5.74, 6) is 3.95. The second kappa shape index (κ2) is 6.10. The minimum absolute atomic E-state index is 0.162. The number of carbonyl (C=O) groups is 1. The summed E-state index contributed by atoms with van der Waals surface area (Å²) in [4.78, 5) is 8.94. The molecule has 0 aliphatic heterocycles. The van der Waals surface area contributed by atoms with Crippen LogP contribution < -0.4 is 11.3 Å². The van der Waals surface area contributed by atoms with E-state index in [0.717, 1.165) is 0 Å². The number of hydrazine groups is 1. The van der Waals surface area contributed by atoms with Crippen LogP contribution in [0.15, 0.2) is 18.2 Å². The normalized spacial score (nSPS) is 8.15. The Morgan fingerprint density at radius 2 is 2.00 bits per heavy atom. The summed E-state index contributed by atoms with van der Waals surface area (Å²) in [7, 11) is 0. The Bertz CT molecular complexity index is 260. The summed E-state index contributed by atoms with van der Waals surface area (Å²) in [6.07, 6.45) is 0.403. The minimum Gasteiger partial charge on any atom is -0.504 e. The standard InChI is InChI=1S/C6H5ClO2.CH4N2O/c7-4-2-1-3-5(8)6(4)9;2-3-1-4/h1-3,8-9H;1H,2H2,(H,3,4). The first-order valence-electron chi connectivity index (χ1n) is 3.19. The lowest BCUT2D eigenvalue weighted by atomic mass is 10.3. The minimum atomic E-state index is -0.265. The summed E-state index contributed by atoms with van der Waals surface area (Å²) in [6.45, 7) is 0. The third-order valence-electron chi connectivity index (χ3n) is 1.03. The highest BCUT2D eigenvalue weighted by atomic mass is 35.5. The molecule has 0 bridgehead atoms. The van der Waals surface area contributed by atoms with E-state index in [0.29, 0.717) is 6.41 Å². The van der Waals surface area contributed by atoms with Crippen molar-refractivity contribution >= 4 is 18.0 Å². The number of nitrogens with one attached hydrogen (secondary N) is 1. The number of nitrogens with two attached hydrogens (primary N) is 1. The van der Waals surface area contributed by atoms with Crippen LogP contribution in [0.5, 0.6) is 11.5 Å². The van der Waals surface area contributed by atoms with Gasteiger partial charge in [0.1, 0.15) is 0 Å². The van der Waals surface area contributed by atoms with Gasteiger partial charge in [-0.25, -0.2) is 5.84 Å². The van der Waals surface area contributed by atoms with Crippen LogP contribution in [0.3, 0.4) is 0 Å². The van der Waals surface area contributed by atoms with Gasteiger partial charge in [-0.15, -0.1) is 0 Å². The van der Waals surface area contributed by atoms with Crippen LogP contribution in [0.2, 0.25) is 5.02 Å². The number of phenolic OH excluding ortho intramolecular Hbond substituents is 2. The number of phenols is 2. The molecule has 0 saturated carbocycles. The molecule has 0 aromatic heterocycles. The first kappa shape index (κ1) is 11.5. The van der Waals surface area contributed by atoms with Crippen molar-refractivity contribution < 1.29 is 15.0 Å². The van der Waals surface area contributed by atoms with Gasteiger partial charge >= 0.3 is 0 Å². The van der Waals surface area contributed by atoms with Crippen molar-refractivity contribution in [2.75, 3.05) is 0 Å². The third kappa shape index (κ3) is 4.19. The molecule has 72 valence electrons. The average molecular weight is 205 g/mol. The summed E-state index contributed by atoms with van der Waals surface area (Å²) in [6, 6.07) is 4.41. The van der Waals surface area contributed by atoms with E-state index in [-0.39, 0.29) is 16.5 Å². The fraction of sp³-hybridized carbons (Fsp3) is 0. The molecule has 0 atom stereocenters. The second-order valence-corrected chi connectivity index (χ2v) is 2.30. The Kier molecular flexibility index (Phi) is 5.42. The van der Waals surface area contributed by atoms with E-state index in [1.54, 1.807) is 11.5 Å². The number of amides is 1. The van der Waals surface area contributed by atoms with Gasteiger partial charge in [0.2, 0.25) is 6.41 Å². The first-order valence-corrected chi connectivity index (χ1v) is 3.57. The maximum atomic E-state index is 8.94. The number of benzene rings is 1. The van der Waals surface area contributed by atoms with Crippen LogP contribution >= 0.6 is 11.6 Å². The maximum Gasteiger partial charge on any atom is 0.221 e. The number of carbonyl (C=O) groups excluding carboxylic acids is 1. The molecule has 13 heavy (non-hydrogen) atoms. The van der Waals surface area contributed by atoms with E-state index in [9.17, 15) is 0 Å². The molecular formula is C7H9ClN2O3. The number of hydrogen-bond donors (Lipinski definition) is 4. The third-order valence-corrected chi connectivity index (χ3v) is 1.34. The molecule has 0 heterocycles. The van der Waals surface area contributed by atoms with Gasteiger partial charge in [-0.1, -0.05) is 17.7 Å². The number of halogens is 1. The lowest BCUT2D eigenvalue weighted by Gasteiger charge is -1.96. The van der Waals surface area contributed by atoms with E-state index >= 15 is 0 Å². The van der Waals surface area contributed by atoms with Crippen molar-refractivity contribution in [3.63, 3.8) is 0 Å². The molecule has 5 N–H and O–H groups in total. The van der Waals surface area contributed by atoms with Gasteiger partial charge < -0.3 is 10.2 Å². The van der Waals surface area contributed by atoms with Crippen molar-refractivity contribution in [1.29, 1.82) is 0 Å². The number of hydrogen-bond acceptors (Lipinski definition) is 4. The molecule has 6 heteroatoms. The van der Waals surface area contributed by atoms with Crippen LogP contribution in [0.4, 0.5) is 0 Å². The number of aromatic hydroxyl groups is 2. The van der Waals surface area contributed by atoms with Crippen molar-refractivity contribution in [2.24, 2.45) is 5.84 Å². The number of para-hydroxylation sites is 1. The molecule has 0 saturated heterocycles. The number of rotatable bonds is 1. The highest BCUT2D eigenvalue weighted by Gasteiger charge is 2.00. The predicted molar refractivity (Wildman–Crippen MR) is 48.2 cm³/mol. The smallest absolute Gasteiger partial charge is 0.221 e. The maximum absolute atomic E-state index is 8.94. The van der Waals surface area contributed by atoms with Gasteiger partial charge in [-0.05, 0) is 12.1 Å². The van der Waals surface area contributed by atoms with Crippen LogP contribution in [-0.2, 0) is 4.79 Å². The van der Waals surface area contributed by atoms with Gasteiger partial charge in [0, 0.05) is 0 Å². The molecule has 1 amide bonds. The molecule has 0 aliphatic rings. The van der Waals surface area contributed by atoms with Crippen LogP contribution in [0.1, 0.15) is 0 Å². The molecular weight excluding hydrogens is 196 g/mol. The van der Waals surface area contributed by atoms with Gasteiger partial charge in [-0.3, -0.25) is 10.2 Å². The SMILES string of the molecule is NNC=O.Oc1cccc(Cl)c1O. The Morgan fingerprint density at radius 1 is 1.46 bits per heavy atom. The van der Waals surface area contributed by atoms with E-state index < -0.39 is 0 Å². The van der Waals surface area contributed by atoms with E-state index in [4.69, 9.17) is 26.6 Å². The fourth-order valence-corrected chi connectivity index (χ4v) is 0.674. The second-order valence-electron chi connectivity index (χ2n) is 1.89. The molecule has 0 fully saturated rings. The van der Waals surface area contributed by atoms with Crippen molar-refractivity contribution in [3.8, 4) is 11.5 Å². The molecule has 0 radical (unpaired) electrons. The summed E-state index contributed by atoms with van der Waals surface area (Å²) in [5.41, 5.74) is 1.75. The van der Waals surface area contributed by atoms with Crippen molar-refractivity contribution in [3.05, 3.63) is 23.2 Å². The zero-order valence-corrected chi connectivity index (χ0v) is 7.32. The highest BCUT2D eigenvalue weighted by molar-refractivity contribution is 6.32. The van der Waals surface area contributed by atoms with E-state index in [2.05, 4.69) is 5.84 Å². The Balaban J connectivity index is 0.000000310. The molecule has 5 nitrogen and oxygen atoms in total. The van der Waals surface area contributed by atoms with E-state index in [1.807, 2.05) is 0 Å². The zero-order valence-electron chi connectivity index (χ0n) is 6.57. The summed E-state index contributed by atoms with van der Waals surface area (Å²) >= 11 is 5.40. The lowest BCUT2D eigenvalue weighted by molar-refractivity contribution is -0.109. The van der Waals surface area contributed by atoms with Gasteiger partial charge in [0.25, 0.3) is 0 Å². The topological polar surface area (TPSA) is 95.6 Å². The van der Waals surface area contributed by atoms with Crippen molar-refractivity contribution in [1.82, 2.24) is 5.43 Å². The molecule has 1 aromatic carbocycles. The molecule has 1 rings (SSSR count). The lowest BCUT2D eigenvalue weighted by Crippen LogP contribution is -2.18. The molecule has 0 spiro atoms. The molecule has 1 aromatic rings. The van der Waals surface area contributed by atoms with Crippen LogP contribution in [0, 0.1) is 0 Å². The van der Waals surface area contributed by atoms with E-state index in [1.165, 1.54) is 12.1 Å². The Morgan fingerprint density at radius 3 is 2.31 bits per heavy atom. The zero-order chi connectivity index (χ0) is 10.3. The predicted octanol–water partition coefficient (Wildman–Crippen LogP) is 0.357. The fourth-order valence-electron chi connectivity index (χ4n) is 0.504. The highest BCUT2D eigenvalue weighted by Crippen LogP contribution is 2.31. The van der Waals surface area contributed by atoms with Crippen LogP contribution in [-0.4, -0.2) is 16.6 Å². The molecule has 0 unspecified atom stereocenters. The average Bonchev–Trinajstić information content (AvgIpc) is 2.14. The quantitative estimate of drug-likeness (QED) is 0.175. The first-order chi connectivity index (χ1) is 6.13. The van der Waals surface area contributed by atoms with Gasteiger partial charge in [0.15, 0.2) is 11.5 Å². The summed E-state index contributed by atoms with van der Waals surface area (Å²) in [5, 5.41) is 17.8. The van der Waals surface area contributed by atoms with Gasteiger partial charge in [0.05, 0.1) is 5.02 Å².